The minimum atomic E-state index is -0.206. The molecule has 0 atom stereocenters. The summed E-state index contributed by atoms with van der Waals surface area (Å²) in [6, 6.07) is 7.82. The largest absolute Gasteiger partial charge is 0.383 e. The first-order valence-corrected chi connectivity index (χ1v) is 11.8. The third kappa shape index (κ3) is 3.62. The quantitative estimate of drug-likeness (QED) is 0.657. The van der Waals surface area contributed by atoms with Crippen molar-refractivity contribution >= 4 is 28.8 Å². The lowest BCUT2D eigenvalue weighted by atomic mass is 9.49. The summed E-state index contributed by atoms with van der Waals surface area (Å²) in [4.78, 5) is 20.0. The number of benzene rings is 1. The third-order valence-corrected chi connectivity index (χ3v) is 8.47. The maximum Gasteiger partial charge on any atom is 0.254 e. The zero-order valence-corrected chi connectivity index (χ0v) is 18.3. The number of amides is 1. The molecule has 1 amide bonds. The van der Waals surface area contributed by atoms with Gasteiger partial charge in [0.25, 0.3) is 5.91 Å². The Bertz CT molecular complexity index is 957. The van der Waals surface area contributed by atoms with Gasteiger partial charge in [-0.25, -0.2) is 0 Å². The molecule has 4 saturated carbocycles. The fraction of sp³-hybridized carbons (Fsp3) is 0.565. The number of hydrogen-bond donors (Lipinski definition) is 0. The molecule has 4 nitrogen and oxygen atoms in total. The first kappa shape index (κ1) is 19.5. The van der Waals surface area contributed by atoms with Crippen LogP contribution >= 0.6 is 22.9 Å². The Hall–Kier alpha value is -1.43. The van der Waals surface area contributed by atoms with Gasteiger partial charge in [-0.1, -0.05) is 41.1 Å². The van der Waals surface area contributed by atoms with E-state index in [9.17, 15) is 4.79 Å². The van der Waals surface area contributed by atoms with E-state index in [2.05, 4.69) is 6.20 Å². The van der Waals surface area contributed by atoms with Crippen molar-refractivity contribution in [1.29, 1.82) is 0 Å². The van der Waals surface area contributed by atoms with Gasteiger partial charge in [0.05, 0.1) is 16.9 Å². The second kappa shape index (κ2) is 7.68. The zero-order valence-electron chi connectivity index (χ0n) is 16.8. The number of thiazole rings is 1. The number of carbonyl (C=O) groups is 1. The van der Waals surface area contributed by atoms with Crippen LogP contribution in [0.5, 0.6) is 0 Å². The smallest absolute Gasteiger partial charge is 0.254 e. The number of methoxy groups -OCH3 is 1. The van der Waals surface area contributed by atoms with Gasteiger partial charge < -0.3 is 9.30 Å². The van der Waals surface area contributed by atoms with E-state index >= 15 is 0 Å². The lowest BCUT2D eigenvalue weighted by Gasteiger charge is -2.55. The summed E-state index contributed by atoms with van der Waals surface area (Å²) in [5.41, 5.74) is 0.775. The predicted molar refractivity (Wildman–Crippen MR) is 116 cm³/mol. The molecule has 154 valence electrons. The van der Waals surface area contributed by atoms with Gasteiger partial charge in [-0.3, -0.25) is 4.79 Å². The molecule has 0 saturated heterocycles. The van der Waals surface area contributed by atoms with Gasteiger partial charge in [0.15, 0.2) is 4.80 Å². The van der Waals surface area contributed by atoms with Gasteiger partial charge in [0, 0.05) is 30.4 Å². The average molecular weight is 431 g/mol. The summed E-state index contributed by atoms with van der Waals surface area (Å²) in [5, 5.41) is 0.714. The van der Waals surface area contributed by atoms with Crippen molar-refractivity contribution in [3.05, 3.63) is 40.3 Å². The van der Waals surface area contributed by atoms with E-state index in [1.807, 2.05) is 28.8 Å². The number of nitrogens with zero attached hydrogens (tertiary/aromatic N) is 2. The minimum Gasteiger partial charge on any atom is -0.383 e. The van der Waals surface area contributed by atoms with Crippen molar-refractivity contribution in [2.45, 2.75) is 45.1 Å². The normalized spacial score (nSPS) is 30.8. The summed E-state index contributed by atoms with van der Waals surface area (Å²) < 4.78 is 7.32. The Morgan fingerprint density at radius 1 is 1.21 bits per heavy atom. The maximum atomic E-state index is 13.5. The molecule has 1 aromatic heterocycles. The van der Waals surface area contributed by atoms with Crippen molar-refractivity contribution in [2.24, 2.45) is 28.2 Å². The highest BCUT2D eigenvalue weighted by atomic mass is 35.5. The highest BCUT2D eigenvalue weighted by Crippen LogP contribution is 2.60. The van der Waals surface area contributed by atoms with Gasteiger partial charge in [-0.05, 0) is 62.3 Å². The summed E-state index contributed by atoms with van der Waals surface area (Å²) >= 11 is 7.96. The Morgan fingerprint density at radius 2 is 1.86 bits per heavy atom. The van der Waals surface area contributed by atoms with Crippen LogP contribution in [-0.2, 0) is 16.1 Å². The average Bonchev–Trinajstić information content (AvgIpc) is 3.08. The van der Waals surface area contributed by atoms with Crippen LogP contribution in [0.4, 0.5) is 0 Å². The van der Waals surface area contributed by atoms with Crippen molar-refractivity contribution < 1.29 is 9.53 Å². The molecule has 4 fully saturated rings. The topological polar surface area (TPSA) is 43.6 Å². The molecule has 0 N–H and O–H groups in total. The van der Waals surface area contributed by atoms with Gasteiger partial charge in [-0.15, -0.1) is 0 Å². The van der Waals surface area contributed by atoms with Gasteiger partial charge >= 0.3 is 0 Å². The molecule has 29 heavy (non-hydrogen) atoms. The van der Waals surface area contributed by atoms with Crippen LogP contribution in [0.25, 0.3) is 10.4 Å². The van der Waals surface area contributed by atoms with Crippen LogP contribution in [0.15, 0.2) is 35.5 Å². The molecule has 6 rings (SSSR count). The Labute approximate surface area is 180 Å². The van der Waals surface area contributed by atoms with Crippen molar-refractivity contribution in [2.75, 3.05) is 13.7 Å². The summed E-state index contributed by atoms with van der Waals surface area (Å²) in [5.74, 6) is 2.32. The number of hydrogen-bond acceptors (Lipinski definition) is 3. The maximum absolute atomic E-state index is 13.5. The number of rotatable bonds is 5. The lowest BCUT2D eigenvalue weighted by molar-refractivity contribution is -0.142. The van der Waals surface area contributed by atoms with Gasteiger partial charge in [0.2, 0.25) is 0 Å². The second-order valence-electron chi connectivity index (χ2n) is 9.16. The number of halogens is 1. The van der Waals surface area contributed by atoms with Gasteiger partial charge in [0.1, 0.15) is 0 Å². The molecule has 2 aromatic rings. The fourth-order valence-electron chi connectivity index (χ4n) is 6.18. The molecule has 1 heterocycles. The monoisotopic (exact) mass is 430 g/mol. The summed E-state index contributed by atoms with van der Waals surface area (Å²) in [6.07, 6.45) is 9.17. The van der Waals surface area contributed by atoms with E-state index < -0.39 is 0 Å². The van der Waals surface area contributed by atoms with Crippen LogP contribution < -0.4 is 4.80 Å². The zero-order chi connectivity index (χ0) is 20.0. The fourth-order valence-corrected chi connectivity index (χ4v) is 7.53. The predicted octanol–water partition coefficient (Wildman–Crippen LogP) is 5.16. The second-order valence-corrected chi connectivity index (χ2v) is 10.6. The molecule has 4 bridgehead atoms. The van der Waals surface area contributed by atoms with E-state index in [0.717, 1.165) is 52.3 Å². The minimum absolute atomic E-state index is 0.107. The highest BCUT2D eigenvalue weighted by molar-refractivity contribution is 7.12. The third-order valence-electron chi connectivity index (χ3n) is 7.08. The summed E-state index contributed by atoms with van der Waals surface area (Å²) in [7, 11) is 1.69. The molecule has 0 aliphatic heterocycles. The van der Waals surface area contributed by atoms with Crippen molar-refractivity contribution in [3.8, 4) is 10.4 Å². The molecular formula is C23H27ClN2O2S. The molecular weight excluding hydrogens is 404 g/mol. The summed E-state index contributed by atoms with van der Waals surface area (Å²) in [6.45, 7) is 1.25. The number of carbonyl (C=O) groups excluding carboxylic acids is 1. The molecule has 0 unspecified atom stereocenters. The van der Waals surface area contributed by atoms with Crippen LogP contribution in [0.1, 0.15) is 38.5 Å². The van der Waals surface area contributed by atoms with Crippen LogP contribution in [0, 0.1) is 23.2 Å². The molecule has 1 aromatic carbocycles. The molecule has 4 aliphatic rings. The van der Waals surface area contributed by atoms with E-state index in [-0.39, 0.29) is 11.3 Å². The Balaban J connectivity index is 1.51. The Kier molecular flexibility index (Phi) is 5.17. The van der Waals surface area contributed by atoms with E-state index in [1.54, 1.807) is 18.4 Å². The lowest BCUT2D eigenvalue weighted by Crippen LogP contribution is -2.49. The molecule has 4 aliphatic carbocycles. The SMILES string of the molecule is COCCn1cc(-c2ccccc2Cl)s/c1=N\C(=O)C12CC3CC(CC(C3)C1)C2. The first-order chi connectivity index (χ1) is 14.1. The Morgan fingerprint density at radius 3 is 2.48 bits per heavy atom. The van der Waals surface area contributed by atoms with E-state index in [0.29, 0.717) is 18.2 Å². The van der Waals surface area contributed by atoms with Gasteiger partial charge in [-0.2, -0.15) is 4.99 Å². The van der Waals surface area contributed by atoms with E-state index in [4.69, 9.17) is 21.3 Å². The molecule has 6 heteroatoms. The van der Waals surface area contributed by atoms with Crippen molar-refractivity contribution in [1.82, 2.24) is 4.57 Å². The first-order valence-electron chi connectivity index (χ1n) is 10.6. The van der Waals surface area contributed by atoms with E-state index in [1.165, 1.54) is 19.3 Å². The van der Waals surface area contributed by atoms with Crippen molar-refractivity contribution in [3.63, 3.8) is 0 Å². The van der Waals surface area contributed by atoms with Crippen LogP contribution in [0.2, 0.25) is 5.02 Å². The number of ether oxygens (including phenoxy) is 1. The van der Waals surface area contributed by atoms with Crippen LogP contribution in [-0.4, -0.2) is 24.2 Å². The number of aromatic nitrogens is 1. The standard InChI is InChI=1S/C23H27ClN2O2S/c1-28-7-6-26-14-20(18-4-2-3-5-19(18)24)29-22(26)25-21(27)23-11-15-8-16(12-23)10-17(9-15)13-23/h2-5,14-17H,6-13H2,1H3/b25-22-. The van der Waals surface area contributed by atoms with Crippen LogP contribution in [0.3, 0.4) is 0 Å². The highest BCUT2D eigenvalue weighted by Gasteiger charge is 2.54. The molecule has 0 radical (unpaired) electrons. The molecule has 0 spiro atoms.